The number of nitrogens with zero attached hydrogens (tertiary/aromatic N) is 3. The number of hydrogen-bond acceptors (Lipinski definition) is 8. The lowest BCUT2D eigenvalue weighted by molar-refractivity contribution is -0.384. The Hall–Kier alpha value is -4.81. The van der Waals surface area contributed by atoms with Crippen molar-refractivity contribution >= 4 is 81.6 Å². The van der Waals surface area contributed by atoms with Gasteiger partial charge in [-0.1, -0.05) is 64.6 Å². The summed E-state index contributed by atoms with van der Waals surface area (Å²) in [5, 5.41) is 10.7. The van der Waals surface area contributed by atoms with E-state index < -0.39 is 62.1 Å². The normalized spacial score (nSPS) is 12.1. The number of fused-ring (bicyclic) bond motifs is 1. The van der Waals surface area contributed by atoms with E-state index in [-0.39, 0.29) is 32.6 Å². The second-order valence-electron chi connectivity index (χ2n) is 9.30. The molecule has 0 unspecified atom stereocenters. The first kappa shape index (κ1) is 31.6. The maximum Gasteiger partial charge on any atom is 0.343 e. The van der Waals surface area contributed by atoms with Crippen LogP contribution >= 0.6 is 46.4 Å². The monoisotopic (exact) mass is 685 g/mol. The van der Waals surface area contributed by atoms with Crippen molar-refractivity contribution < 1.29 is 33.6 Å². The van der Waals surface area contributed by atoms with E-state index in [1.807, 2.05) is 0 Å². The number of nitro groups is 1. The molecule has 226 valence electrons. The van der Waals surface area contributed by atoms with Gasteiger partial charge in [0.2, 0.25) is 0 Å². The minimum atomic E-state index is -1.12. The summed E-state index contributed by atoms with van der Waals surface area (Å²) >= 11 is 24.7. The number of carbonyl (C=O) groups is 5. The highest BCUT2D eigenvalue weighted by Crippen LogP contribution is 2.45. The Balaban J connectivity index is 1.47. The number of ether oxygens (including phenoxy) is 1. The molecular formula is C30H15Cl4N3O8. The van der Waals surface area contributed by atoms with Gasteiger partial charge in [0, 0.05) is 23.3 Å². The molecule has 0 fully saturated rings. The highest BCUT2D eigenvalue weighted by Gasteiger charge is 2.46. The molecule has 0 saturated heterocycles. The number of rotatable bonds is 8. The van der Waals surface area contributed by atoms with Gasteiger partial charge in [-0.3, -0.25) is 29.3 Å². The summed E-state index contributed by atoms with van der Waals surface area (Å²) in [4.78, 5) is 77.1. The van der Waals surface area contributed by atoms with Crippen LogP contribution in [0.15, 0.2) is 78.9 Å². The minimum Gasteiger partial charge on any atom is -0.423 e. The molecule has 0 atom stereocenters. The maximum absolute atomic E-state index is 13.7. The van der Waals surface area contributed by atoms with Gasteiger partial charge in [0.1, 0.15) is 12.3 Å². The lowest BCUT2D eigenvalue weighted by atomic mass is 10.1. The molecule has 11 nitrogen and oxygen atoms in total. The fourth-order valence-electron chi connectivity index (χ4n) is 4.34. The van der Waals surface area contributed by atoms with Crippen LogP contribution in [-0.4, -0.2) is 51.0 Å². The first-order valence-corrected chi connectivity index (χ1v) is 14.1. The third-order valence-corrected chi connectivity index (χ3v) is 8.37. The van der Waals surface area contributed by atoms with Crippen molar-refractivity contribution in [3.05, 3.63) is 137 Å². The first-order chi connectivity index (χ1) is 21.4. The van der Waals surface area contributed by atoms with Crippen LogP contribution in [0.25, 0.3) is 0 Å². The number of imide groups is 1. The number of esters is 1. The molecule has 3 amide bonds. The van der Waals surface area contributed by atoms with Crippen LogP contribution in [0.2, 0.25) is 20.1 Å². The van der Waals surface area contributed by atoms with E-state index in [0.29, 0.717) is 15.6 Å². The van der Waals surface area contributed by atoms with Gasteiger partial charge in [0.05, 0.1) is 41.7 Å². The van der Waals surface area contributed by atoms with Gasteiger partial charge >= 0.3 is 5.97 Å². The summed E-state index contributed by atoms with van der Waals surface area (Å²) in [5.74, 6) is -4.52. The molecule has 5 rings (SSSR count). The number of nitro benzene ring substituents is 1. The lowest BCUT2D eigenvalue weighted by Crippen LogP contribution is -2.51. The summed E-state index contributed by atoms with van der Waals surface area (Å²) in [6, 6.07) is 17.8. The smallest absolute Gasteiger partial charge is 0.343 e. The Morgan fingerprint density at radius 1 is 0.711 bits per heavy atom. The zero-order valence-corrected chi connectivity index (χ0v) is 25.4. The fourth-order valence-corrected chi connectivity index (χ4v) is 5.36. The molecule has 45 heavy (non-hydrogen) atoms. The summed E-state index contributed by atoms with van der Waals surface area (Å²) in [6.45, 7) is -0.860. The van der Waals surface area contributed by atoms with E-state index in [9.17, 15) is 34.1 Å². The number of hydrazine groups is 1. The quantitative estimate of drug-likeness (QED) is 0.0283. The summed E-state index contributed by atoms with van der Waals surface area (Å²) in [5.41, 5.74) is -1.05. The van der Waals surface area contributed by atoms with Crippen molar-refractivity contribution in [1.82, 2.24) is 10.0 Å². The van der Waals surface area contributed by atoms with Crippen LogP contribution in [-0.2, 0) is 0 Å². The molecule has 1 heterocycles. The van der Waals surface area contributed by atoms with E-state index >= 15 is 0 Å². The van der Waals surface area contributed by atoms with Crippen molar-refractivity contribution in [2.75, 3.05) is 6.54 Å². The summed E-state index contributed by atoms with van der Waals surface area (Å²) in [6.07, 6.45) is 0. The molecule has 0 N–H and O–H groups in total. The average molecular weight is 687 g/mol. The molecule has 0 saturated carbocycles. The van der Waals surface area contributed by atoms with E-state index in [1.165, 1.54) is 24.3 Å². The Morgan fingerprint density at radius 3 is 1.73 bits per heavy atom. The highest BCUT2D eigenvalue weighted by molar-refractivity contribution is 6.55. The van der Waals surface area contributed by atoms with E-state index in [4.69, 9.17) is 51.1 Å². The van der Waals surface area contributed by atoms with Gasteiger partial charge in [-0.25, -0.2) is 9.80 Å². The summed E-state index contributed by atoms with van der Waals surface area (Å²) < 4.78 is 5.32. The number of benzene rings is 4. The molecule has 4 aromatic carbocycles. The van der Waals surface area contributed by atoms with E-state index in [2.05, 4.69) is 0 Å². The van der Waals surface area contributed by atoms with Crippen molar-refractivity contribution in [3.8, 4) is 5.75 Å². The van der Waals surface area contributed by atoms with Crippen molar-refractivity contribution in [2.45, 2.75) is 0 Å². The third-order valence-electron chi connectivity index (χ3n) is 6.57. The largest absolute Gasteiger partial charge is 0.423 e. The van der Waals surface area contributed by atoms with Crippen molar-refractivity contribution in [2.24, 2.45) is 0 Å². The third kappa shape index (κ3) is 5.98. The number of Topliss-reactive ketones (excluding diaryl/α,β-unsaturated/α-hetero) is 1. The first-order valence-electron chi connectivity index (χ1n) is 12.6. The van der Waals surface area contributed by atoms with Gasteiger partial charge in [0.25, 0.3) is 23.4 Å². The molecule has 15 heteroatoms. The molecule has 0 bridgehead atoms. The van der Waals surface area contributed by atoms with E-state index in [1.54, 1.807) is 30.3 Å². The molecule has 1 aliphatic rings. The number of hydrogen-bond donors (Lipinski definition) is 0. The van der Waals surface area contributed by atoms with Gasteiger partial charge in [0.15, 0.2) is 5.78 Å². The zero-order chi connectivity index (χ0) is 32.6. The van der Waals surface area contributed by atoms with Gasteiger partial charge in [-0.05, 0) is 48.5 Å². The van der Waals surface area contributed by atoms with Crippen LogP contribution in [0.4, 0.5) is 5.69 Å². The molecule has 0 radical (unpaired) electrons. The van der Waals surface area contributed by atoms with Gasteiger partial charge in [-0.15, -0.1) is 0 Å². The SMILES string of the molecule is O=C(CN(C(=O)c1ccc([N+](=O)[O-])cc1)N1C(=O)c2c(Cl)c(Cl)c(Cl)c(Cl)c2C1=O)c1ccc(OC(=O)c2ccccc2)cc1. The molecule has 1 aliphatic heterocycles. The second-order valence-corrected chi connectivity index (χ2v) is 10.8. The fraction of sp³-hybridized carbons (Fsp3) is 0.0333. The number of ketones is 1. The Kier molecular flexibility index (Phi) is 8.89. The molecular weight excluding hydrogens is 672 g/mol. The zero-order valence-electron chi connectivity index (χ0n) is 22.3. The van der Waals surface area contributed by atoms with E-state index in [0.717, 1.165) is 24.3 Å². The molecule has 4 aromatic rings. The van der Waals surface area contributed by atoms with Crippen molar-refractivity contribution in [3.63, 3.8) is 0 Å². The standard InChI is InChI=1S/C30H15Cl4N3O8/c31-23-21-22(24(32)26(34)25(23)33)29(41)36(28(21)40)35(27(39)16-6-10-18(11-7-16)37(43)44)14-20(38)15-8-12-19(13-9-15)45-30(42)17-4-2-1-3-5-17/h1-13H,14H2. The highest BCUT2D eigenvalue weighted by atomic mass is 35.5. The van der Waals surface area contributed by atoms with Gasteiger partial charge < -0.3 is 4.74 Å². The molecule has 0 aromatic heterocycles. The Bertz CT molecular complexity index is 1870. The number of amides is 3. The number of halogens is 4. The van der Waals surface area contributed by atoms with Crippen LogP contribution in [0, 0.1) is 10.1 Å². The van der Waals surface area contributed by atoms with Crippen LogP contribution in [0.5, 0.6) is 5.75 Å². The van der Waals surface area contributed by atoms with Crippen molar-refractivity contribution in [1.29, 1.82) is 0 Å². The maximum atomic E-state index is 13.7. The second kappa shape index (κ2) is 12.7. The van der Waals surface area contributed by atoms with Crippen LogP contribution < -0.4 is 4.74 Å². The number of carbonyl (C=O) groups excluding carboxylic acids is 5. The minimum absolute atomic E-state index is 0.0229. The van der Waals surface area contributed by atoms with Gasteiger partial charge in [-0.2, -0.15) is 5.01 Å². The average Bonchev–Trinajstić information content (AvgIpc) is 3.31. The predicted octanol–water partition coefficient (Wildman–Crippen LogP) is 6.96. The molecule has 0 aliphatic carbocycles. The topological polar surface area (TPSA) is 144 Å². The van der Waals surface area contributed by atoms with Crippen LogP contribution in [0.3, 0.4) is 0 Å². The molecule has 0 spiro atoms. The number of non-ortho nitro benzene ring substituents is 1. The van der Waals surface area contributed by atoms with Crippen LogP contribution in [0.1, 0.15) is 51.8 Å². The summed E-state index contributed by atoms with van der Waals surface area (Å²) in [7, 11) is 0. The Morgan fingerprint density at radius 2 is 1.22 bits per heavy atom. The lowest BCUT2D eigenvalue weighted by Gasteiger charge is -2.29. The Labute approximate surface area is 273 Å². The predicted molar refractivity (Wildman–Crippen MR) is 163 cm³/mol.